The van der Waals surface area contributed by atoms with Gasteiger partial charge >= 0.3 is 0 Å². The smallest absolute Gasteiger partial charge is 0.280 e. The molecule has 0 spiro atoms. The van der Waals surface area contributed by atoms with Gasteiger partial charge in [0.1, 0.15) is 0 Å². The molecule has 88 valence electrons. The maximum absolute atomic E-state index is 12.1. The lowest BCUT2D eigenvalue weighted by atomic mass is 10.3. The van der Waals surface area contributed by atoms with E-state index in [1.165, 1.54) is 4.68 Å². The fourth-order valence-corrected chi connectivity index (χ4v) is 1.88. The van der Waals surface area contributed by atoms with Crippen LogP contribution in [0.3, 0.4) is 0 Å². The first-order chi connectivity index (χ1) is 8.13. The molecule has 5 heteroatoms. The Balaban J connectivity index is 2.57. The Hall–Kier alpha value is -1.62. The topological polar surface area (TPSA) is 50.1 Å². The van der Waals surface area contributed by atoms with Gasteiger partial charge in [-0.15, -0.1) is 0 Å². The second-order valence-corrected chi connectivity index (χ2v) is 4.57. The molecule has 0 amide bonds. The predicted octanol–water partition coefficient (Wildman–Crippen LogP) is 2.29. The van der Waals surface area contributed by atoms with E-state index in [-0.39, 0.29) is 5.56 Å². The Morgan fingerprint density at radius 1 is 1.35 bits per heavy atom. The van der Waals surface area contributed by atoms with Crippen molar-refractivity contribution >= 4 is 22.1 Å². The highest BCUT2D eigenvalue weighted by Crippen LogP contribution is 2.12. The van der Waals surface area contributed by atoms with E-state index in [9.17, 15) is 4.79 Å². The zero-order valence-corrected chi connectivity index (χ0v) is 11.2. The van der Waals surface area contributed by atoms with Gasteiger partial charge in [0, 0.05) is 23.4 Å². The standard InChI is InChI=1S/C12H12BrN3O/c1-8-11(7-14-2)12(17)16(15-8)10-5-3-9(13)4-6-10/h3-7,15H,1-2H3. The summed E-state index contributed by atoms with van der Waals surface area (Å²) < 4.78 is 2.49. The van der Waals surface area contributed by atoms with Gasteiger partial charge < -0.3 is 0 Å². The van der Waals surface area contributed by atoms with E-state index >= 15 is 0 Å². The van der Waals surface area contributed by atoms with E-state index in [1.54, 1.807) is 13.3 Å². The minimum Gasteiger partial charge on any atom is -0.296 e. The number of aryl methyl sites for hydroxylation is 1. The minimum absolute atomic E-state index is 0.0876. The molecule has 0 unspecified atom stereocenters. The average molecular weight is 294 g/mol. The van der Waals surface area contributed by atoms with E-state index in [1.807, 2.05) is 31.2 Å². The van der Waals surface area contributed by atoms with Crippen LogP contribution in [0.1, 0.15) is 11.3 Å². The van der Waals surface area contributed by atoms with Crippen molar-refractivity contribution in [3.8, 4) is 5.69 Å². The number of benzene rings is 1. The lowest BCUT2D eigenvalue weighted by Crippen LogP contribution is -2.17. The Morgan fingerprint density at radius 2 is 2.00 bits per heavy atom. The SMILES string of the molecule is CN=Cc1c(C)[nH]n(-c2ccc(Br)cc2)c1=O. The van der Waals surface area contributed by atoms with Gasteiger partial charge in [0.25, 0.3) is 5.56 Å². The Morgan fingerprint density at radius 3 is 2.59 bits per heavy atom. The van der Waals surface area contributed by atoms with Gasteiger partial charge in [0.2, 0.25) is 0 Å². The van der Waals surface area contributed by atoms with Gasteiger partial charge in [-0.2, -0.15) is 0 Å². The molecular formula is C12H12BrN3O. The number of nitrogens with zero attached hydrogens (tertiary/aromatic N) is 2. The molecule has 1 aromatic carbocycles. The molecule has 1 heterocycles. The van der Waals surface area contributed by atoms with Crippen molar-refractivity contribution in [2.24, 2.45) is 4.99 Å². The van der Waals surface area contributed by atoms with Gasteiger partial charge in [0.05, 0.1) is 11.3 Å². The van der Waals surface area contributed by atoms with Gasteiger partial charge in [-0.3, -0.25) is 14.9 Å². The van der Waals surface area contributed by atoms with Crippen LogP contribution >= 0.6 is 15.9 Å². The zero-order valence-electron chi connectivity index (χ0n) is 9.57. The van der Waals surface area contributed by atoms with Gasteiger partial charge in [-0.05, 0) is 31.2 Å². The second kappa shape index (κ2) is 4.71. The molecule has 0 saturated carbocycles. The monoisotopic (exact) mass is 293 g/mol. The maximum atomic E-state index is 12.1. The number of hydrogen-bond acceptors (Lipinski definition) is 2. The summed E-state index contributed by atoms with van der Waals surface area (Å²) in [5.74, 6) is 0. The van der Waals surface area contributed by atoms with Crippen molar-refractivity contribution in [2.45, 2.75) is 6.92 Å². The molecule has 0 aliphatic heterocycles. The Labute approximate surface area is 107 Å². The Bertz CT molecular complexity index is 608. The molecule has 4 nitrogen and oxygen atoms in total. The predicted molar refractivity (Wildman–Crippen MR) is 72.3 cm³/mol. The van der Waals surface area contributed by atoms with Crippen LogP contribution in [0.25, 0.3) is 5.69 Å². The molecule has 0 atom stereocenters. The summed E-state index contributed by atoms with van der Waals surface area (Å²) in [6.07, 6.45) is 1.57. The average Bonchev–Trinajstić information content (AvgIpc) is 2.59. The minimum atomic E-state index is -0.0876. The number of halogens is 1. The van der Waals surface area contributed by atoms with Crippen molar-refractivity contribution in [3.63, 3.8) is 0 Å². The first kappa shape index (κ1) is 11.9. The van der Waals surface area contributed by atoms with Crippen LogP contribution in [0.2, 0.25) is 0 Å². The van der Waals surface area contributed by atoms with Crippen LogP contribution in [0.5, 0.6) is 0 Å². The summed E-state index contributed by atoms with van der Waals surface area (Å²) in [6.45, 7) is 1.85. The summed E-state index contributed by atoms with van der Waals surface area (Å²) in [7, 11) is 1.65. The van der Waals surface area contributed by atoms with E-state index in [0.29, 0.717) is 5.56 Å². The molecule has 1 aromatic heterocycles. The number of rotatable bonds is 2. The third-order valence-electron chi connectivity index (χ3n) is 2.46. The molecule has 0 fully saturated rings. The lowest BCUT2D eigenvalue weighted by Gasteiger charge is -2.00. The second-order valence-electron chi connectivity index (χ2n) is 3.65. The first-order valence-electron chi connectivity index (χ1n) is 5.13. The number of hydrogen-bond donors (Lipinski definition) is 1. The number of aliphatic imine (C=N–C) groups is 1. The van der Waals surface area contributed by atoms with Crippen molar-refractivity contribution < 1.29 is 0 Å². The number of aromatic nitrogens is 2. The van der Waals surface area contributed by atoms with Gasteiger partial charge in [0.15, 0.2) is 0 Å². The molecule has 2 aromatic rings. The quantitative estimate of drug-likeness (QED) is 0.849. The largest absolute Gasteiger partial charge is 0.296 e. The van der Waals surface area contributed by atoms with E-state index < -0.39 is 0 Å². The highest BCUT2D eigenvalue weighted by molar-refractivity contribution is 9.10. The summed E-state index contributed by atoms with van der Waals surface area (Å²) in [5.41, 5.74) is 2.12. The Kier molecular flexibility index (Phi) is 3.28. The molecule has 2 rings (SSSR count). The molecular weight excluding hydrogens is 282 g/mol. The lowest BCUT2D eigenvalue weighted by molar-refractivity contribution is 0.835. The molecule has 1 N–H and O–H groups in total. The van der Waals surface area contributed by atoms with E-state index in [2.05, 4.69) is 26.0 Å². The van der Waals surface area contributed by atoms with Crippen LogP contribution in [0.15, 0.2) is 38.5 Å². The molecule has 0 saturated heterocycles. The van der Waals surface area contributed by atoms with Crippen LogP contribution in [0.4, 0.5) is 0 Å². The van der Waals surface area contributed by atoms with Crippen LogP contribution in [-0.4, -0.2) is 23.0 Å². The number of aromatic amines is 1. The maximum Gasteiger partial charge on any atom is 0.280 e. The van der Waals surface area contributed by atoms with Crippen molar-refractivity contribution in [3.05, 3.63) is 50.3 Å². The molecule has 0 bridgehead atoms. The highest BCUT2D eigenvalue weighted by Gasteiger charge is 2.09. The van der Waals surface area contributed by atoms with Crippen LogP contribution in [0, 0.1) is 6.92 Å². The van der Waals surface area contributed by atoms with Crippen molar-refractivity contribution in [1.82, 2.24) is 9.78 Å². The molecule has 0 aliphatic carbocycles. The van der Waals surface area contributed by atoms with E-state index in [0.717, 1.165) is 15.9 Å². The van der Waals surface area contributed by atoms with Crippen LogP contribution in [-0.2, 0) is 0 Å². The first-order valence-corrected chi connectivity index (χ1v) is 5.92. The third-order valence-corrected chi connectivity index (χ3v) is 2.99. The van der Waals surface area contributed by atoms with Gasteiger partial charge in [-0.25, -0.2) is 4.68 Å². The molecule has 0 aliphatic rings. The van der Waals surface area contributed by atoms with Crippen molar-refractivity contribution in [1.29, 1.82) is 0 Å². The van der Waals surface area contributed by atoms with Crippen molar-refractivity contribution in [2.75, 3.05) is 7.05 Å². The summed E-state index contributed by atoms with van der Waals surface area (Å²) in [6, 6.07) is 7.53. The fraction of sp³-hybridized carbons (Fsp3) is 0.167. The molecule has 0 radical (unpaired) electrons. The molecule has 17 heavy (non-hydrogen) atoms. The normalized spacial score (nSPS) is 11.2. The zero-order chi connectivity index (χ0) is 12.4. The third kappa shape index (κ3) is 2.24. The summed E-state index contributed by atoms with van der Waals surface area (Å²) >= 11 is 3.36. The number of nitrogens with one attached hydrogen (secondary N) is 1. The summed E-state index contributed by atoms with van der Waals surface area (Å²) in [5, 5.41) is 3.03. The van der Waals surface area contributed by atoms with Gasteiger partial charge in [-0.1, -0.05) is 15.9 Å². The van der Waals surface area contributed by atoms with E-state index in [4.69, 9.17) is 0 Å². The highest BCUT2D eigenvalue weighted by atomic mass is 79.9. The fourth-order valence-electron chi connectivity index (χ4n) is 1.61. The number of H-pyrrole nitrogens is 1. The summed E-state index contributed by atoms with van der Waals surface area (Å²) in [4.78, 5) is 16.0. The van der Waals surface area contributed by atoms with Crippen LogP contribution < -0.4 is 5.56 Å².